The van der Waals surface area contributed by atoms with Crippen LogP contribution in [-0.2, 0) is 14.4 Å². The smallest absolute Gasteiger partial charge is 0.323 e. The van der Waals surface area contributed by atoms with Gasteiger partial charge in [-0.15, -0.1) is 0 Å². The van der Waals surface area contributed by atoms with Crippen LogP contribution in [0.1, 0.15) is 0 Å². The van der Waals surface area contributed by atoms with E-state index in [9.17, 15) is 14.4 Å². The Hall–Kier alpha value is -1.40. The van der Waals surface area contributed by atoms with Crippen molar-refractivity contribution in [2.45, 2.75) is 18.1 Å². The lowest BCUT2D eigenvalue weighted by atomic mass is 10.3. The van der Waals surface area contributed by atoms with Crippen LogP contribution >= 0.6 is 7.92 Å². The van der Waals surface area contributed by atoms with Gasteiger partial charge < -0.3 is 30.6 Å². The van der Waals surface area contributed by atoms with E-state index in [4.69, 9.17) is 30.6 Å². The fourth-order valence-corrected chi connectivity index (χ4v) is 3.35. The zero-order valence-electron chi connectivity index (χ0n) is 13.3. The SMILES string of the molecule is O=C(O)[C@H](CO)NCP(CN[C@@H](CO)C(=O)O)CN[C@@H](CO)C(=O)O. The summed E-state index contributed by atoms with van der Waals surface area (Å²) in [5.41, 5.74) is 0. The number of carbonyl (C=O) groups is 3. The van der Waals surface area contributed by atoms with Gasteiger partial charge in [0.05, 0.1) is 19.8 Å². The third-order valence-corrected chi connectivity index (χ3v) is 5.02. The van der Waals surface area contributed by atoms with Gasteiger partial charge >= 0.3 is 17.9 Å². The van der Waals surface area contributed by atoms with Crippen LogP contribution in [0.2, 0.25) is 0 Å². The van der Waals surface area contributed by atoms with Gasteiger partial charge in [-0.3, -0.25) is 30.3 Å². The normalized spacial score (nSPS) is 14.9. The third kappa shape index (κ3) is 9.60. The summed E-state index contributed by atoms with van der Waals surface area (Å²) in [6, 6.07) is -3.65. The van der Waals surface area contributed by atoms with Crippen LogP contribution in [0, 0.1) is 0 Å². The molecular weight excluding hydrogens is 361 g/mol. The maximum Gasteiger partial charge on any atom is 0.323 e. The highest BCUT2D eigenvalue weighted by atomic mass is 31.1. The molecule has 0 fully saturated rings. The molecule has 0 aliphatic carbocycles. The van der Waals surface area contributed by atoms with Crippen molar-refractivity contribution >= 4 is 25.8 Å². The van der Waals surface area contributed by atoms with Crippen LogP contribution in [0.4, 0.5) is 0 Å². The molecule has 0 aromatic carbocycles. The van der Waals surface area contributed by atoms with E-state index < -0.39 is 63.8 Å². The molecule has 0 saturated heterocycles. The molecule has 0 aromatic heterocycles. The first-order valence-corrected chi connectivity index (χ1v) is 9.10. The average Bonchev–Trinajstić information content (AvgIpc) is 2.54. The Labute approximate surface area is 144 Å². The number of carboxylic acids is 3. The highest BCUT2D eigenvalue weighted by Gasteiger charge is 2.22. The van der Waals surface area contributed by atoms with Crippen molar-refractivity contribution in [1.82, 2.24) is 16.0 Å². The molecular formula is C12H24N3O9P. The van der Waals surface area contributed by atoms with Gasteiger partial charge in [-0.25, -0.2) is 0 Å². The summed E-state index contributed by atoms with van der Waals surface area (Å²) in [5.74, 6) is -3.80. The van der Waals surface area contributed by atoms with E-state index in [1.165, 1.54) is 0 Å². The second kappa shape index (κ2) is 12.9. The van der Waals surface area contributed by atoms with Crippen LogP contribution in [-0.4, -0.2) is 105 Å². The molecule has 12 nitrogen and oxygen atoms in total. The molecule has 0 heterocycles. The third-order valence-electron chi connectivity index (χ3n) is 3.13. The van der Waals surface area contributed by atoms with Crippen molar-refractivity contribution in [3.8, 4) is 0 Å². The van der Waals surface area contributed by atoms with E-state index in [2.05, 4.69) is 16.0 Å². The standard InChI is InChI=1S/C12H24N3O9P/c16-1-7(10(19)20)13-4-25(5-14-8(2-17)11(21)22)6-15-9(3-18)12(23)24/h7-9,13-18H,1-6H2,(H,19,20)(H,21,22)(H,23,24)/t7-,8-,9-/m0/s1. The van der Waals surface area contributed by atoms with Crippen molar-refractivity contribution in [2.24, 2.45) is 0 Å². The number of aliphatic hydroxyl groups is 3. The molecule has 0 spiro atoms. The number of aliphatic hydroxyl groups excluding tert-OH is 3. The van der Waals surface area contributed by atoms with Gasteiger partial charge in [0.15, 0.2) is 0 Å². The van der Waals surface area contributed by atoms with Gasteiger partial charge in [0.25, 0.3) is 0 Å². The first-order chi connectivity index (χ1) is 11.8. The van der Waals surface area contributed by atoms with Gasteiger partial charge in [0.2, 0.25) is 0 Å². The Morgan fingerprint density at radius 2 is 0.880 bits per heavy atom. The second-order valence-electron chi connectivity index (χ2n) is 4.98. The number of aliphatic carboxylic acids is 3. The van der Waals surface area contributed by atoms with Gasteiger partial charge in [0.1, 0.15) is 18.1 Å². The molecule has 0 amide bonds. The predicted octanol–water partition coefficient (Wildman–Crippen LogP) is -3.55. The molecule has 0 rings (SSSR count). The van der Waals surface area contributed by atoms with Crippen molar-refractivity contribution in [2.75, 3.05) is 38.7 Å². The summed E-state index contributed by atoms with van der Waals surface area (Å²) in [6.07, 6.45) is 0.215. The molecule has 0 aromatic rings. The molecule has 0 aliphatic heterocycles. The minimum atomic E-state index is -1.27. The fourth-order valence-electron chi connectivity index (χ4n) is 1.58. The monoisotopic (exact) mass is 385 g/mol. The predicted molar refractivity (Wildman–Crippen MR) is 86.5 cm³/mol. The van der Waals surface area contributed by atoms with Crippen LogP contribution in [0.25, 0.3) is 0 Å². The maximum absolute atomic E-state index is 10.9. The molecule has 0 unspecified atom stereocenters. The number of hydrogen-bond acceptors (Lipinski definition) is 9. The van der Waals surface area contributed by atoms with Crippen LogP contribution in [0.5, 0.6) is 0 Å². The second-order valence-corrected chi connectivity index (χ2v) is 7.27. The van der Waals surface area contributed by atoms with Crippen molar-refractivity contribution in [3.05, 3.63) is 0 Å². The molecule has 0 aliphatic rings. The lowest BCUT2D eigenvalue weighted by molar-refractivity contribution is -0.141. The number of rotatable bonds is 15. The molecule has 0 bridgehead atoms. The Bertz CT molecular complexity index is 378. The molecule has 9 N–H and O–H groups in total. The van der Waals surface area contributed by atoms with Crippen molar-refractivity contribution < 1.29 is 45.0 Å². The Balaban J connectivity index is 4.76. The van der Waals surface area contributed by atoms with Gasteiger partial charge in [-0.1, -0.05) is 7.92 Å². The quantitative estimate of drug-likeness (QED) is 0.125. The van der Waals surface area contributed by atoms with E-state index in [0.29, 0.717) is 0 Å². The Morgan fingerprint density at radius 1 is 0.640 bits per heavy atom. The van der Waals surface area contributed by atoms with Crippen molar-refractivity contribution in [1.29, 1.82) is 0 Å². The average molecular weight is 385 g/mol. The minimum Gasteiger partial charge on any atom is -0.480 e. The summed E-state index contributed by atoms with van der Waals surface area (Å²) in [5, 5.41) is 61.3. The van der Waals surface area contributed by atoms with E-state index in [1.54, 1.807) is 0 Å². The van der Waals surface area contributed by atoms with E-state index in [0.717, 1.165) is 0 Å². The number of hydrogen-bond donors (Lipinski definition) is 9. The maximum atomic E-state index is 10.9. The van der Waals surface area contributed by atoms with Crippen LogP contribution < -0.4 is 16.0 Å². The number of carboxylic acid groups (broad SMARTS) is 3. The lowest BCUT2D eigenvalue weighted by Gasteiger charge is -2.24. The van der Waals surface area contributed by atoms with Gasteiger partial charge in [-0.2, -0.15) is 0 Å². The molecule has 13 heteroatoms. The molecule has 146 valence electrons. The Morgan fingerprint density at radius 3 is 1.04 bits per heavy atom. The first-order valence-electron chi connectivity index (χ1n) is 7.20. The lowest BCUT2D eigenvalue weighted by Crippen LogP contribution is -2.45. The highest BCUT2D eigenvalue weighted by molar-refractivity contribution is 7.57. The summed E-state index contributed by atoms with van der Waals surface area (Å²) in [7, 11) is -1.21. The largest absolute Gasteiger partial charge is 0.480 e. The van der Waals surface area contributed by atoms with E-state index in [1.807, 2.05) is 0 Å². The van der Waals surface area contributed by atoms with E-state index >= 15 is 0 Å². The molecule has 3 atom stereocenters. The topological polar surface area (TPSA) is 209 Å². The summed E-state index contributed by atoms with van der Waals surface area (Å²) >= 11 is 0. The van der Waals surface area contributed by atoms with Gasteiger partial charge in [0, 0.05) is 18.9 Å². The zero-order valence-corrected chi connectivity index (χ0v) is 14.2. The molecule has 0 radical (unpaired) electrons. The first kappa shape index (κ1) is 23.6. The highest BCUT2D eigenvalue weighted by Crippen LogP contribution is 2.31. The fraction of sp³-hybridized carbons (Fsp3) is 0.750. The number of nitrogens with one attached hydrogen (secondary N) is 3. The molecule has 25 heavy (non-hydrogen) atoms. The van der Waals surface area contributed by atoms with E-state index in [-0.39, 0.29) is 18.9 Å². The van der Waals surface area contributed by atoms with Gasteiger partial charge in [-0.05, 0) is 0 Å². The minimum absolute atomic E-state index is 0.0718. The van der Waals surface area contributed by atoms with Crippen LogP contribution in [0.3, 0.4) is 0 Å². The van der Waals surface area contributed by atoms with Crippen molar-refractivity contribution in [3.63, 3.8) is 0 Å². The summed E-state index contributed by atoms with van der Waals surface area (Å²) in [6.45, 7) is -1.95. The molecule has 0 saturated carbocycles. The zero-order chi connectivity index (χ0) is 19.4. The van der Waals surface area contributed by atoms with Crippen LogP contribution in [0.15, 0.2) is 0 Å². The summed E-state index contributed by atoms with van der Waals surface area (Å²) in [4.78, 5) is 32.6. The summed E-state index contributed by atoms with van der Waals surface area (Å²) < 4.78 is 0. The Kier molecular flexibility index (Phi) is 12.2.